The minimum absolute atomic E-state index is 0.259. The maximum Gasteiger partial charge on any atom is 0.245 e. The number of sulfonamides is 1. The molecule has 0 amide bonds. The number of nitrogens with zero attached hydrogens (tertiary/aromatic N) is 3. The van der Waals surface area contributed by atoms with Crippen LogP contribution in [0.1, 0.15) is 47.0 Å². The molecule has 0 aliphatic carbocycles. The summed E-state index contributed by atoms with van der Waals surface area (Å²) in [7, 11) is -3.75. The Morgan fingerprint density at radius 2 is 1.70 bits per heavy atom. The van der Waals surface area contributed by atoms with Gasteiger partial charge in [0.15, 0.2) is 0 Å². The minimum Gasteiger partial charge on any atom is -0.337 e. The van der Waals surface area contributed by atoms with Gasteiger partial charge in [0.1, 0.15) is 11.9 Å². The zero-order chi connectivity index (χ0) is 21.6. The molecule has 0 saturated carbocycles. The van der Waals surface area contributed by atoms with Gasteiger partial charge in [0, 0.05) is 12.1 Å². The van der Waals surface area contributed by atoms with Gasteiger partial charge in [0.25, 0.3) is 0 Å². The van der Waals surface area contributed by atoms with Crippen LogP contribution in [0.3, 0.4) is 0 Å². The van der Waals surface area contributed by atoms with Crippen molar-refractivity contribution in [2.75, 3.05) is 6.54 Å². The first-order valence-electron chi connectivity index (χ1n) is 9.89. The Labute approximate surface area is 175 Å². The lowest BCUT2D eigenvalue weighted by molar-refractivity contribution is 0.290. The number of aromatic nitrogens is 2. The summed E-state index contributed by atoms with van der Waals surface area (Å²) in [4.78, 5) is 4.79. The van der Waals surface area contributed by atoms with E-state index in [2.05, 4.69) is 10.1 Å². The minimum atomic E-state index is -3.75. The van der Waals surface area contributed by atoms with Crippen LogP contribution in [0.15, 0.2) is 39.8 Å². The van der Waals surface area contributed by atoms with Gasteiger partial charge in [-0.15, -0.1) is 0 Å². The Kier molecular flexibility index (Phi) is 5.23. The van der Waals surface area contributed by atoms with Crippen molar-refractivity contribution >= 4 is 10.0 Å². The van der Waals surface area contributed by atoms with Crippen LogP contribution in [0, 0.1) is 33.5 Å². The van der Waals surface area contributed by atoms with Crippen molar-refractivity contribution < 1.29 is 17.3 Å². The van der Waals surface area contributed by atoms with Gasteiger partial charge in [-0.05, 0) is 87.1 Å². The highest BCUT2D eigenvalue weighted by molar-refractivity contribution is 7.89. The molecule has 1 atom stereocenters. The zero-order valence-electron chi connectivity index (χ0n) is 17.4. The van der Waals surface area contributed by atoms with Crippen LogP contribution in [0.4, 0.5) is 4.39 Å². The molecule has 8 heteroatoms. The first-order valence-corrected chi connectivity index (χ1v) is 11.3. The summed E-state index contributed by atoms with van der Waals surface area (Å²) < 4.78 is 47.4. The van der Waals surface area contributed by atoms with Crippen LogP contribution in [0.25, 0.3) is 11.4 Å². The average molecular weight is 430 g/mol. The fraction of sp³-hybridized carbons (Fsp3) is 0.364. The first kappa shape index (κ1) is 20.7. The topological polar surface area (TPSA) is 76.3 Å². The van der Waals surface area contributed by atoms with Crippen molar-refractivity contribution in [1.29, 1.82) is 0 Å². The van der Waals surface area contributed by atoms with Crippen LogP contribution >= 0.6 is 0 Å². The first-order chi connectivity index (χ1) is 14.2. The summed E-state index contributed by atoms with van der Waals surface area (Å²) in [6, 6.07) is 7.27. The maximum absolute atomic E-state index is 13.7. The van der Waals surface area contributed by atoms with Gasteiger partial charge in [-0.25, -0.2) is 12.8 Å². The van der Waals surface area contributed by atoms with Crippen LogP contribution in [-0.2, 0) is 10.0 Å². The molecule has 1 aliphatic rings. The molecule has 1 fully saturated rings. The number of hydrogen-bond acceptors (Lipinski definition) is 5. The van der Waals surface area contributed by atoms with E-state index in [0.29, 0.717) is 35.7 Å². The Morgan fingerprint density at radius 3 is 2.33 bits per heavy atom. The van der Waals surface area contributed by atoms with Crippen molar-refractivity contribution in [2.45, 2.75) is 51.5 Å². The van der Waals surface area contributed by atoms with E-state index >= 15 is 0 Å². The predicted octanol–water partition coefficient (Wildman–Crippen LogP) is 4.64. The largest absolute Gasteiger partial charge is 0.337 e. The molecule has 4 rings (SSSR count). The Hall–Kier alpha value is -2.58. The molecule has 158 valence electrons. The molecule has 3 aromatic rings. The standard InChI is InChI=1S/C22H24FN3O3S/c1-13-12-14(2)16(4)20(15(13)3)30(27,28)26-11-5-6-19(26)22-24-21(25-29-22)17-7-9-18(23)10-8-17/h7-10,12,19H,5-6,11H2,1-4H3. The highest BCUT2D eigenvalue weighted by Gasteiger charge is 2.41. The quantitative estimate of drug-likeness (QED) is 0.604. The summed E-state index contributed by atoms with van der Waals surface area (Å²) >= 11 is 0. The van der Waals surface area contributed by atoms with Gasteiger partial charge in [0.2, 0.25) is 21.7 Å². The lowest BCUT2D eigenvalue weighted by Crippen LogP contribution is -2.32. The molecule has 30 heavy (non-hydrogen) atoms. The molecule has 0 spiro atoms. The third-order valence-corrected chi connectivity index (χ3v) is 8.08. The van der Waals surface area contributed by atoms with Gasteiger partial charge < -0.3 is 4.52 Å². The van der Waals surface area contributed by atoms with Gasteiger partial charge in [-0.3, -0.25) is 0 Å². The molecule has 2 heterocycles. The molecule has 6 nitrogen and oxygen atoms in total. The lowest BCUT2D eigenvalue weighted by Gasteiger charge is -2.25. The third-order valence-electron chi connectivity index (χ3n) is 5.90. The molecule has 0 radical (unpaired) electrons. The summed E-state index contributed by atoms with van der Waals surface area (Å²) in [5.74, 6) is 0.220. The van der Waals surface area contributed by atoms with E-state index in [0.717, 1.165) is 22.3 Å². The molecule has 1 aliphatic heterocycles. The van der Waals surface area contributed by atoms with Gasteiger partial charge in [-0.2, -0.15) is 9.29 Å². The molecular weight excluding hydrogens is 405 g/mol. The van der Waals surface area contributed by atoms with E-state index < -0.39 is 16.1 Å². The van der Waals surface area contributed by atoms with E-state index in [4.69, 9.17) is 4.52 Å². The fourth-order valence-electron chi connectivity index (χ4n) is 4.05. The van der Waals surface area contributed by atoms with E-state index in [1.165, 1.54) is 16.4 Å². The number of aryl methyl sites for hydroxylation is 2. The summed E-state index contributed by atoms with van der Waals surface area (Å²) in [6.07, 6.45) is 1.31. The molecular formula is C22H24FN3O3S. The van der Waals surface area contributed by atoms with Gasteiger partial charge in [0.05, 0.1) is 4.90 Å². The third kappa shape index (κ3) is 3.44. The van der Waals surface area contributed by atoms with Crippen LogP contribution < -0.4 is 0 Å². The molecule has 1 saturated heterocycles. The monoisotopic (exact) mass is 429 g/mol. The van der Waals surface area contributed by atoms with Crippen molar-refractivity contribution in [3.8, 4) is 11.4 Å². The van der Waals surface area contributed by atoms with Crippen LogP contribution in [-0.4, -0.2) is 29.4 Å². The number of benzene rings is 2. The highest BCUT2D eigenvalue weighted by atomic mass is 32.2. The molecule has 0 N–H and O–H groups in total. The second-order valence-electron chi connectivity index (χ2n) is 7.83. The van der Waals surface area contributed by atoms with Crippen molar-refractivity contribution in [3.63, 3.8) is 0 Å². The molecule has 1 aromatic heterocycles. The Balaban J connectivity index is 1.72. The fourth-order valence-corrected chi connectivity index (χ4v) is 6.28. The summed E-state index contributed by atoms with van der Waals surface area (Å²) in [5, 5.41) is 3.98. The Bertz CT molecular complexity index is 1180. The highest BCUT2D eigenvalue weighted by Crippen LogP contribution is 2.39. The molecule has 2 aromatic carbocycles. The van der Waals surface area contributed by atoms with Gasteiger partial charge in [-0.1, -0.05) is 11.2 Å². The maximum atomic E-state index is 13.7. The summed E-state index contributed by atoms with van der Waals surface area (Å²) in [6.45, 7) is 7.94. The van der Waals surface area contributed by atoms with E-state index in [9.17, 15) is 12.8 Å². The second-order valence-corrected chi connectivity index (χ2v) is 9.65. The second kappa shape index (κ2) is 7.59. The van der Waals surface area contributed by atoms with E-state index in [-0.39, 0.29) is 11.7 Å². The van der Waals surface area contributed by atoms with Crippen molar-refractivity contribution in [2.24, 2.45) is 0 Å². The number of halogens is 1. The SMILES string of the molecule is Cc1cc(C)c(C)c(S(=O)(=O)N2CCCC2c2nc(-c3ccc(F)cc3)no2)c1C. The zero-order valence-corrected chi connectivity index (χ0v) is 18.3. The van der Waals surface area contributed by atoms with Crippen molar-refractivity contribution in [3.05, 3.63) is 64.3 Å². The number of rotatable bonds is 4. The van der Waals surface area contributed by atoms with E-state index in [1.54, 1.807) is 12.1 Å². The Morgan fingerprint density at radius 1 is 1.07 bits per heavy atom. The molecule has 0 bridgehead atoms. The predicted molar refractivity (Wildman–Crippen MR) is 111 cm³/mol. The van der Waals surface area contributed by atoms with Crippen LogP contribution in [0.5, 0.6) is 0 Å². The van der Waals surface area contributed by atoms with Gasteiger partial charge >= 0.3 is 0 Å². The number of hydrogen-bond donors (Lipinski definition) is 0. The molecule has 1 unspecified atom stereocenters. The van der Waals surface area contributed by atoms with E-state index in [1.807, 2.05) is 33.8 Å². The normalized spacial score (nSPS) is 17.6. The summed E-state index contributed by atoms with van der Waals surface area (Å²) in [5.41, 5.74) is 4.04. The van der Waals surface area contributed by atoms with Crippen LogP contribution in [0.2, 0.25) is 0 Å². The average Bonchev–Trinajstić information content (AvgIpc) is 3.36. The smallest absolute Gasteiger partial charge is 0.245 e. The lowest BCUT2D eigenvalue weighted by atomic mass is 10.0. The van der Waals surface area contributed by atoms with Crippen molar-refractivity contribution in [1.82, 2.24) is 14.4 Å².